The van der Waals surface area contributed by atoms with Crippen molar-refractivity contribution >= 4 is 32.6 Å². The minimum atomic E-state index is 0.870. The first kappa shape index (κ1) is 28.9. The Labute approximate surface area is 286 Å². The molecule has 0 atom stereocenters. The molecule has 0 fully saturated rings. The smallest absolute Gasteiger partial charge is 0.114 e. The standard InChI is InChI=1S/C47H34N2/c1-2-45-48-43-22-11-12-23-44(43)49(45)38-27-24-33(25-28-38)35-18-13-19-37(30-35)47-40-21-10-9-20-39(40)46(34-16-7-4-8-17-34)41-29-26-36(31-42(41)47)32-14-5-3-6-15-32/h3-31H,2H2,1H3. The average Bonchev–Trinajstić information content (AvgIpc) is 3.56. The zero-order valence-electron chi connectivity index (χ0n) is 27.3. The van der Waals surface area contributed by atoms with Crippen LogP contribution in [0.25, 0.3) is 82.8 Å². The molecule has 0 N–H and O–H groups in total. The predicted octanol–water partition coefficient (Wildman–Crippen LogP) is 12.6. The predicted molar refractivity (Wildman–Crippen MR) is 207 cm³/mol. The number of hydrogen-bond acceptors (Lipinski definition) is 1. The molecule has 2 nitrogen and oxygen atoms in total. The van der Waals surface area contributed by atoms with Crippen molar-refractivity contribution in [2.24, 2.45) is 0 Å². The van der Waals surface area contributed by atoms with Crippen molar-refractivity contribution in [2.45, 2.75) is 13.3 Å². The molecule has 0 aliphatic rings. The Morgan fingerprint density at radius 2 is 0.939 bits per heavy atom. The summed E-state index contributed by atoms with van der Waals surface area (Å²) in [4.78, 5) is 4.90. The van der Waals surface area contributed by atoms with Gasteiger partial charge in [-0.25, -0.2) is 4.98 Å². The number of benzene rings is 8. The van der Waals surface area contributed by atoms with E-state index in [1.807, 2.05) is 0 Å². The highest BCUT2D eigenvalue weighted by Gasteiger charge is 2.18. The Morgan fingerprint density at radius 1 is 0.408 bits per heavy atom. The first-order valence-electron chi connectivity index (χ1n) is 17.0. The molecule has 0 unspecified atom stereocenters. The molecule has 0 saturated heterocycles. The highest BCUT2D eigenvalue weighted by Crippen LogP contribution is 2.45. The quantitative estimate of drug-likeness (QED) is 0.168. The van der Waals surface area contributed by atoms with Gasteiger partial charge in [-0.15, -0.1) is 0 Å². The second kappa shape index (κ2) is 12.1. The monoisotopic (exact) mass is 626 g/mol. The van der Waals surface area contributed by atoms with Crippen molar-refractivity contribution in [1.82, 2.24) is 9.55 Å². The van der Waals surface area contributed by atoms with Crippen molar-refractivity contribution < 1.29 is 0 Å². The third-order valence-corrected chi connectivity index (χ3v) is 9.75. The number of fused-ring (bicyclic) bond motifs is 3. The Hall–Kier alpha value is -6.25. The van der Waals surface area contributed by atoms with Gasteiger partial charge in [0.1, 0.15) is 5.82 Å². The first-order valence-corrected chi connectivity index (χ1v) is 17.0. The van der Waals surface area contributed by atoms with E-state index in [1.54, 1.807) is 0 Å². The number of imidazole rings is 1. The molecule has 0 amide bonds. The molecule has 0 saturated carbocycles. The topological polar surface area (TPSA) is 17.8 Å². The lowest BCUT2D eigenvalue weighted by Crippen LogP contribution is -1.99. The SMILES string of the molecule is CCc1nc2ccccc2n1-c1ccc(-c2cccc(-c3c4ccccc4c(-c4ccccc4)c4ccc(-c5ccccc5)cc34)c2)cc1. The summed E-state index contributed by atoms with van der Waals surface area (Å²) in [6, 6.07) is 63.7. The molecule has 232 valence electrons. The van der Waals surface area contributed by atoms with Crippen LogP contribution in [0, 0.1) is 0 Å². The summed E-state index contributed by atoms with van der Waals surface area (Å²) in [5.41, 5.74) is 13.1. The Kier molecular flexibility index (Phi) is 7.13. The summed E-state index contributed by atoms with van der Waals surface area (Å²) in [6.45, 7) is 2.17. The molecule has 0 spiro atoms. The summed E-state index contributed by atoms with van der Waals surface area (Å²) < 4.78 is 2.28. The normalized spacial score (nSPS) is 11.4. The van der Waals surface area contributed by atoms with Crippen LogP contribution in [0.15, 0.2) is 176 Å². The zero-order valence-corrected chi connectivity index (χ0v) is 27.3. The van der Waals surface area contributed by atoms with Crippen LogP contribution in [-0.2, 0) is 6.42 Å². The van der Waals surface area contributed by atoms with Crippen LogP contribution >= 0.6 is 0 Å². The second-order valence-corrected chi connectivity index (χ2v) is 12.6. The van der Waals surface area contributed by atoms with E-state index in [0.29, 0.717) is 0 Å². The number of aryl methyl sites for hydroxylation is 1. The zero-order chi connectivity index (χ0) is 32.7. The lowest BCUT2D eigenvalue weighted by Gasteiger charge is -2.19. The van der Waals surface area contributed by atoms with Gasteiger partial charge < -0.3 is 0 Å². The van der Waals surface area contributed by atoms with E-state index in [4.69, 9.17) is 4.98 Å². The van der Waals surface area contributed by atoms with Crippen LogP contribution in [-0.4, -0.2) is 9.55 Å². The average molecular weight is 627 g/mol. The maximum absolute atomic E-state index is 4.90. The largest absolute Gasteiger partial charge is 0.296 e. The van der Waals surface area contributed by atoms with E-state index in [1.165, 1.54) is 66.1 Å². The third kappa shape index (κ3) is 5.01. The van der Waals surface area contributed by atoms with Gasteiger partial charge in [-0.3, -0.25) is 4.57 Å². The molecule has 0 aliphatic heterocycles. The van der Waals surface area contributed by atoms with Gasteiger partial charge in [0.05, 0.1) is 11.0 Å². The van der Waals surface area contributed by atoms with E-state index in [2.05, 4.69) is 187 Å². The van der Waals surface area contributed by atoms with Crippen LogP contribution in [0.3, 0.4) is 0 Å². The van der Waals surface area contributed by atoms with Gasteiger partial charge in [-0.1, -0.05) is 146 Å². The minimum absolute atomic E-state index is 0.870. The van der Waals surface area contributed by atoms with Crippen molar-refractivity contribution in [3.8, 4) is 50.2 Å². The summed E-state index contributed by atoms with van der Waals surface area (Å²) in [5, 5.41) is 5.03. The van der Waals surface area contributed by atoms with Gasteiger partial charge in [0, 0.05) is 12.1 Å². The molecule has 9 aromatic rings. The summed E-state index contributed by atoms with van der Waals surface area (Å²) in [7, 11) is 0. The van der Waals surface area contributed by atoms with Crippen LogP contribution in [0.1, 0.15) is 12.7 Å². The fourth-order valence-electron chi connectivity index (χ4n) is 7.47. The van der Waals surface area contributed by atoms with Crippen molar-refractivity contribution in [1.29, 1.82) is 0 Å². The van der Waals surface area contributed by atoms with E-state index < -0.39 is 0 Å². The molecule has 49 heavy (non-hydrogen) atoms. The number of aromatic nitrogens is 2. The maximum atomic E-state index is 4.90. The van der Waals surface area contributed by atoms with Crippen LogP contribution in [0.2, 0.25) is 0 Å². The van der Waals surface area contributed by atoms with Crippen LogP contribution in [0.5, 0.6) is 0 Å². The molecule has 0 bridgehead atoms. The van der Waals surface area contributed by atoms with Gasteiger partial charge in [-0.2, -0.15) is 0 Å². The lowest BCUT2D eigenvalue weighted by atomic mass is 9.84. The first-order chi connectivity index (χ1) is 24.3. The minimum Gasteiger partial charge on any atom is -0.296 e. The molecule has 0 radical (unpaired) electrons. The van der Waals surface area contributed by atoms with Crippen LogP contribution < -0.4 is 0 Å². The molecule has 1 aromatic heterocycles. The van der Waals surface area contributed by atoms with Gasteiger partial charge in [-0.05, 0) is 102 Å². The van der Waals surface area contributed by atoms with Gasteiger partial charge >= 0.3 is 0 Å². The number of para-hydroxylation sites is 2. The summed E-state index contributed by atoms with van der Waals surface area (Å²) in [5.74, 6) is 1.07. The van der Waals surface area contributed by atoms with Gasteiger partial charge in [0.2, 0.25) is 0 Å². The third-order valence-electron chi connectivity index (χ3n) is 9.75. The van der Waals surface area contributed by atoms with Crippen molar-refractivity contribution in [3.05, 3.63) is 182 Å². The number of hydrogen-bond donors (Lipinski definition) is 0. The molecular weight excluding hydrogens is 593 g/mol. The lowest BCUT2D eigenvalue weighted by molar-refractivity contribution is 0.908. The highest BCUT2D eigenvalue weighted by molar-refractivity contribution is 6.22. The molecule has 2 heteroatoms. The van der Waals surface area contributed by atoms with Crippen LogP contribution in [0.4, 0.5) is 0 Å². The fraction of sp³-hybridized carbons (Fsp3) is 0.0426. The molecule has 0 aliphatic carbocycles. The van der Waals surface area contributed by atoms with E-state index in [0.717, 1.165) is 29.0 Å². The molecule has 8 aromatic carbocycles. The maximum Gasteiger partial charge on any atom is 0.114 e. The summed E-state index contributed by atoms with van der Waals surface area (Å²) in [6.07, 6.45) is 0.870. The number of nitrogens with zero attached hydrogens (tertiary/aromatic N) is 2. The molecule has 1 heterocycles. The molecule has 9 rings (SSSR count). The Morgan fingerprint density at radius 3 is 1.67 bits per heavy atom. The molecular formula is C47H34N2. The van der Waals surface area contributed by atoms with Crippen molar-refractivity contribution in [3.63, 3.8) is 0 Å². The van der Waals surface area contributed by atoms with Gasteiger partial charge in [0.15, 0.2) is 0 Å². The highest BCUT2D eigenvalue weighted by atomic mass is 15.1. The Balaban J connectivity index is 1.23. The van der Waals surface area contributed by atoms with Crippen molar-refractivity contribution in [2.75, 3.05) is 0 Å². The second-order valence-electron chi connectivity index (χ2n) is 12.6. The van der Waals surface area contributed by atoms with E-state index in [9.17, 15) is 0 Å². The van der Waals surface area contributed by atoms with E-state index >= 15 is 0 Å². The number of rotatable bonds is 6. The van der Waals surface area contributed by atoms with E-state index in [-0.39, 0.29) is 0 Å². The Bertz CT molecular complexity index is 2610. The van der Waals surface area contributed by atoms with Gasteiger partial charge in [0.25, 0.3) is 0 Å². The fourth-order valence-corrected chi connectivity index (χ4v) is 7.47. The summed E-state index contributed by atoms with van der Waals surface area (Å²) >= 11 is 0.